The maximum Gasteiger partial charge on any atom is 0.234 e. The first-order valence-corrected chi connectivity index (χ1v) is 8.60. The van der Waals surface area contributed by atoms with Gasteiger partial charge in [0.25, 0.3) is 0 Å². The molecule has 1 aromatic carbocycles. The van der Waals surface area contributed by atoms with Crippen molar-refractivity contribution in [1.29, 1.82) is 0 Å². The number of nitrogens with zero attached hydrogens (tertiary/aromatic N) is 1. The molecule has 0 saturated carbocycles. The summed E-state index contributed by atoms with van der Waals surface area (Å²) in [4.78, 5) is 18.4. The zero-order chi connectivity index (χ0) is 15.0. The Balaban J connectivity index is 1.80. The third-order valence-electron chi connectivity index (χ3n) is 3.35. The van der Waals surface area contributed by atoms with Crippen LogP contribution in [0.3, 0.4) is 0 Å². The van der Waals surface area contributed by atoms with Crippen molar-refractivity contribution in [2.75, 3.05) is 16.4 Å². The van der Waals surface area contributed by atoms with Crippen molar-refractivity contribution in [2.45, 2.75) is 31.7 Å². The fourth-order valence-electron chi connectivity index (χ4n) is 2.44. The van der Waals surface area contributed by atoms with Crippen LogP contribution < -0.4 is 10.6 Å². The monoisotopic (exact) mass is 319 g/mol. The van der Waals surface area contributed by atoms with Crippen molar-refractivity contribution in [3.63, 3.8) is 0 Å². The Bertz CT molecular complexity index is 696. The molecule has 6 heteroatoms. The highest BCUT2D eigenvalue weighted by atomic mass is 32.2. The SMILES string of the molecule is Cc1nc(C(C)Nc2ccc3c(c2)NC(=O)CS3)c(C)s1. The van der Waals surface area contributed by atoms with Gasteiger partial charge in [-0.3, -0.25) is 4.79 Å². The number of aryl methyl sites for hydroxylation is 2. The number of aromatic nitrogens is 1. The molecule has 0 aliphatic carbocycles. The second-order valence-corrected chi connectivity index (χ2v) is 7.51. The first kappa shape index (κ1) is 14.4. The molecule has 1 aliphatic heterocycles. The number of rotatable bonds is 3. The Morgan fingerprint density at radius 3 is 2.90 bits per heavy atom. The smallest absolute Gasteiger partial charge is 0.234 e. The van der Waals surface area contributed by atoms with Crippen molar-refractivity contribution in [2.24, 2.45) is 0 Å². The molecule has 1 aromatic heterocycles. The normalized spacial score (nSPS) is 15.3. The van der Waals surface area contributed by atoms with Crippen LogP contribution in [0.25, 0.3) is 0 Å². The van der Waals surface area contributed by atoms with E-state index in [2.05, 4.69) is 29.5 Å². The average molecular weight is 319 g/mol. The van der Waals surface area contributed by atoms with E-state index in [4.69, 9.17) is 0 Å². The van der Waals surface area contributed by atoms with Crippen molar-refractivity contribution in [3.8, 4) is 0 Å². The lowest BCUT2D eigenvalue weighted by Crippen LogP contribution is -2.19. The van der Waals surface area contributed by atoms with Crippen LogP contribution in [0.5, 0.6) is 0 Å². The molecule has 1 aliphatic rings. The number of thioether (sulfide) groups is 1. The number of anilines is 2. The van der Waals surface area contributed by atoms with Crippen LogP contribution in [0, 0.1) is 13.8 Å². The summed E-state index contributed by atoms with van der Waals surface area (Å²) in [5, 5.41) is 7.46. The van der Waals surface area contributed by atoms with Gasteiger partial charge in [0.2, 0.25) is 5.91 Å². The minimum Gasteiger partial charge on any atom is -0.377 e. The molecule has 1 amide bonds. The van der Waals surface area contributed by atoms with E-state index in [1.165, 1.54) is 4.88 Å². The van der Waals surface area contributed by atoms with Crippen molar-refractivity contribution in [1.82, 2.24) is 4.98 Å². The van der Waals surface area contributed by atoms with Gasteiger partial charge in [-0.1, -0.05) is 0 Å². The topological polar surface area (TPSA) is 54.0 Å². The van der Waals surface area contributed by atoms with E-state index in [-0.39, 0.29) is 11.9 Å². The van der Waals surface area contributed by atoms with E-state index in [0.29, 0.717) is 5.75 Å². The highest BCUT2D eigenvalue weighted by Crippen LogP contribution is 2.34. The van der Waals surface area contributed by atoms with Crippen LogP contribution in [-0.4, -0.2) is 16.6 Å². The van der Waals surface area contributed by atoms with Gasteiger partial charge in [-0.15, -0.1) is 23.1 Å². The molecule has 0 spiro atoms. The van der Waals surface area contributed by atoms with Gasteiger partial charge >= 0.3 is 0 Å². The van der Waals surface area contributed by atoms with Crippen LogP contribution in [0.1, 0.15) is 28.5 Å². The van der Waals surface area contributed by atoms with Gasteiger partial charge < -0.3 is 10.6 Å². The van der Waals surface area contributed by atoms with E-state index in [1.54, 1.807) is 23.1 Å². The molecule has 0 bridgehead atoms. The van der Waals surface area contributed by atoms with Gasteiger partial charge in [0.1, 0.15) is 0 Å². The average Bonchev–Trinajstić information content (AvgIpc) is 2.77. The molecule has 4 nitrogen and oxygen atoms in total. The predicted octanol–water partition coefficient (Wildman–Crippen LogP) is 3.98. The first-order chi connectivity index (χ1) is 10.0. The lowest BCUT2D eigenvalue weighted by molar-refractivity contribution is -0.113. The van der Waals surface area contributed by atoms with Gasteiger partial charge in [-0.05, 0) is 39.0 Å². The molecule has 1 atom stereocenters. The number of carbonyl (C=O) groups is 1. The van der Waals surface area contributed by atoms with Crippen molar-refractivity contribution in [3.05, 3.63) is 33.8 Å². The van der Waals surface area contributed by atoms with E-state index in [9.17, 15) is 4.79 Å². The summed E-state index contributed by atoms with van der Waals surface area (Å²) < 4.78 is 0. The van der Waals surface area contributed by atoms with Crippen molar-refractivity contribution >= 4 is 40.4 Å². The van der Waals surface area contributed by atoms with E-state index in [1.807, 2.05) is 25.1 Å². The molecule has 0 radical (unpaired) electrons. The Morgan fingerprint density at radius 2 is 2.19 bits per heavy atom. The van der Waals surface area contributed by atoms with Crippen molar-refractivity contribution < 1.29 is 4.79 Å². The number of hydrogen-bond donors (Lipinski definition) is 2. The number of fused-ring (bicyclic) bond motifs is 1. The van der Waals surface area contributed by atoms with Crippen LogP contribution in [-0.2, 0) is 4.79 Å². The number of benzene rings is 1. The minimum atomic E-state index is 0.0590. The van der Waals surface area contributed by atoms with Gasteiger partial charge in [0.05, 0.1) is 28.2 Å². The van der Waals surface area contributed by atoms with E-state index >= 15 is 0 Å². The second kappa shape index (κ2) is 5.69. The number of carbonyl (C=O) groups excluding carboxylic acids is 1. The molecule has 21 heavy (non-hydrogen) atoms. The zero-order valence-corrected chi connectivity index (χ0v) is 13.8. The van der Waals surface area contributed by atoms with E-state index < -0.39 is 0 Å². The fourth-order valence-corrected chi connectivity index (χ4v) is 4.14. The Morgan fingerprint density at radius 1 is 1.38 bits per heavy atom. The largest absolute Gasteiger partial charge is 0.377 e. The lowest BCUT2D eigenvalue weighted by atomic mass is 10.2. The number of thiazole rings is 1. The number of nitrogens with one attached hydrogen (secondary N) is 2. The predicted molar refractivity (Wildman–Crippen MR) is 89.4 cm³/mol. The molecular formula is C15H17N3OS2. The third kappa shape index (κ3) is 3.06. The molecule has 3 rings (SSSR count). The van der Waals surface area contributed by atoms with Gasteiger partial charge in [-0.2, -0.15) is 0 Å². The molecule has 2 aromatic rings. The highest BCUT2D eigenvalue weighted by molar-refractivity contribution is 8.00. The van der Waals surface area contributed by atoms with Gasteiger partial charge in [-0.25, -0.2) is 4.98 Å². The van der Waals surface area contributed by atoms with Gasteiger partial charge in [0, 0.05) is 15.5 Å². The van der Waals surface area contributed by atoms with Crippen LogP contribution in [0.4, 0.5) is 11.4 Å². The first-order valence-electron chi connectivity index (χ1n) is 6.80. The second-order valence-electron chi connectivity index (χ2n) is 5.09. The quantitative estimate of drug-likeness (QED) is 0.898. The number of hydrogen-bond acceptors (Lipinski definition) is 5. The summed E-state index contributed by atoms with van der Waals surface area (Å²) in [6.45, 7) is 6.23. The molecular weight excluding hydrogens is 302 g/mol. The fraction of sp³-hybridized carbons (Fsp3) is 0.333. The van der Waals surface area contributed by atoms with Crippen LogP contribution in [0.2, 0.25) is 0 Å². The summed E-state index contributed by atoms with van der Waals surface area (Å²) in [7, 11) is 0. The molecule has 1 unspecified atom stereocenters. The number of amides is 1. The third-order valence-corrected chi connectivity index (χ3v) is 5.32. The molecule has 0 saturated heterocycles. The molecule has 0 fully saturated rings. The summed E-state index contributed by atoms with van der Waals surface area (Å²) >= 11 is 3.30. The Hall–Kier alpha value is -1.53. The maximum atomic E-state index is 11.5. The standard InChI is InChI=1S/C15H17N3OS2/c1-8(15-9(2)21-10(3)17-15)16-11-4-5-13-12(6-11)18-14(19)7-20-13/h4-6,8,16H,7H2,1-3H3,(H,18,19). The summed E-state index contributed by atoms with van der Waals surface area (Å²) in [5.74, 6) is 0.552. The van der Waals surface area contributed by atoms with Crippen LogP contribution in [0.15, 0.2) is 23.1 Å². The van der Waals surface area contributed by atoms with Crippen LogP contribution >= 0.6 is 23.1 Å². The highest BCUT2D eigenvalue weighted by Gasteiger charge is 2.17. The van der Waals surface area contributed by atoms with E-state index in [0.717, 1.165) is 27.0 Å². The summed E-state index contributed by atoms with van der Waals surface area (Å²) in [6.07, 6.45) is 0. The van der Waals surface area contributed by atoms with Gasteiger partial charge in [0.15, 0.2) is 0 Å². The summed E-state index contributed by atoms with van der Waals surface area (Å²) in [6, 6.07) is 6.23. The minimum absolute atomic E-state index is 0.0590. The molecule has 110 valence electrons. The maximum absolute atomic E-state index is 11.5. The summed E-state index contributed by atoms with van der Waals surface area (Å²) in [5.41, 5.74) is 2.97. The molecule has 2 heterocycles. The Kier molecular flexibility index (Phi) is 3.91. The zero-order valence-electron chi connectivity index (χ0n) is 12.2. The Labute approximate surface area is 132 Å². The lowest BCUT2D eigenvalue weighted by Gasteiger charge is -2.19. The molecule has 2 N–H and O–H groups in total.